The molecule has 0 aromatic rings. The molecule has 0 aliphatic rings. The summed E-state index contributed by atoms with van der Waals surface area (Å²) in [4.78, 5) is 10.3. The van der Waals surface area contributed by atoms with Gasteiger partial charge in [-0.05, 0) is 0 Å². The number of nitrogens with two attached hydrogens (primary N) is 1. The Morgan fingerprint density at radius 2 is 2.22 bits per heavy atom. The van der Waals surface area contributed by atoms with Crippen LogP contribution in [0.3, 0.4) is 0 Å². The van der Waals surface area contributed by atoms with E-state index in [0.29, 0.717) is 19.6 Å². The van der Waals surface area contributed by atoms with E-state index in [4.69, 9.17) is 5.73 Å². The van der Waals surface area contributed by atoms with Crippen LogP contribution in [-0.2, 0) is 29.0 Å². The first-order valence-corrected chi connectivity index (χ1v) is 2.67. The third-order valence-corrected chi connectivity index (χ3v) is 0.670. The number of ether oxygens (including phenoxy) is 1. The van der Waals surface area contributed by atoms with Crippen LogP contribution in [0.5, 0.6) is 0 Å². The average Bonchev–Trinajstić information content (AvgIpc) is 1.83. The second kappa shape index (κ2) is 8.05. The average molecular weight is 183 g/mol. The Morgan fingerprint density at radius 1 is 1.67 bits per heavy atom. The molecule has 9 heavy (non-hydrogen) atoms. The minimum Gasteiger partial charge on any atom is -0.464 e. The van der Waals surface area contributed by atoms with Crippen molar-refractivity contribution in [3.63, 3.8) is 0 Å². The molecule has 50 valence electrons. The molecule has 0 aliphatic carbocycles. The van der Waals surface area contributed by atoms with E-state index in [9.17, 15) is 4.79 Å². The van der Waals surface area contributed by atoms with Gasteiger partial charge in [-0.15, -0.1) is 0 Å². The molecule has 0 aromatic carbocycles. The minimum atomic E-state index is -0.185. The molecule has 0 unspecified atom stereocenters. The topological polar surface area (TPSA) is 52.3 Å². The smallest absolute Gasteiger partial charge is 0.305 e. The number of hydrogen-bond donors (Lipinski definition) is 1. The van der Waals surface area contributed by atoms with Crippen molar-refractivity contribution in [3.8, 4) is 0 Å². The fourth-order valence-corrected chi connectivity index (χ4v) is 0.275. The summed E-state index contributed by atoms with van der Waals surface area (Å²) in [5, 5.41) is 0. The van der Waals surface area contributed by atoms with Crippen molar-refractivity contribution in [2.24, 2.45) is 5.73 Å². The van der Waals surface area contributed by atoms with E-state index in [2.05, 4.69) is 4.74 Å². The molecule has 0 bridgehead atoms. The van der Waals surface area contributed by atoms with Crippen LogP contribution >= 0.6 is 0 Å². The normalized spacial score (nSPS) is 7.78. The maximum Gasteiger partial charge on any atom is 0.305 e. The van der Waals surface area contributed by atoms with Crippen LogP contribution in [0.1, 0.15) is 13.3 Å². The van der Waals surface area contributed by atoms with Crippen LogP contribution < -0.4 is 5.73 Å². The Morgan fingerprint density at radius 3 is 2.56 bits per heavy atom. The summed E-state index contributed by atoms with van der Waals surface area (Å²) >= 11 is 0. The Balaban J connectivity index is 0. The quantitative estimate of drug-likeness (QED) is 0.490. The second-order valence-electron chi connectivity index (χ2n) is 1.36. The van der Waals surface area contributed by atoms with Crippen molar-refractivity contribution < 1.29 is 29.0 Å². The van der Waals surface area contributed by atoms with Gasteiger partial charge in [0.15, 0.2) is 0 Å². The van der Waals surface area contributed by atoms with E-state index in [-0.39, 0.29) is 25.4 Å². The van der Waals surface area contributed by atoms with Crippen molar-refractivity contribution >= 4 is 5.97 Å². The van der Waals surface area contributed by atoms with Gasteiger partial charge < -0.3 is 10.5 Å². The summed E-state index contributed by atoms with van der Waals surface area (Å²) in [6.45, 7) is 2.50. The van der Waals surface area contributed by atoms with E-state index in [1.54, 1.807) is 6.92 Å². The zero-order valence-electron chi connectivity index (χ0n) is 5.72. The van der Waals surface area contributed by atoms with E-state index in [0.717, 1.165) is 0 Å². The molecule has 0 spiro atoms. The van der Waals surface area contributed by atoms with Crippen LogP contribution in [0.15, 0.2) is 0 Å². The second-order valence-corrected chi connectivity index (χ2v) is 1.36. The summed E-state index contributed by atoms with van der Waals surface area (Å²) in [7, 11) is 0. The van der Waals surface area contributed by atoms with Crippen LogP contribution in [-0.4, -0.2) is 19.1 Å². The van der Waals surface area contributed by atoms with E-state index in [1.165, 1.54) is 0 Å². The zero-order chi connectivity index (χ0) is 6.41. The first kappa shape index (κ1) is 11.8. The van der Waals surface area contributed by atoms with Crippen molar-refractivity contribution in [1.82, 2.24) is 0 Å². The molecule has 2 N–H and O–H groups in total. The van der Waals surface area contributed by atoms with Crippen molar-refractivity contribution in [3.05, 3.63) is 0 Å². The summed E-state index contributed by atoms with van der Waals surface area (Å²) in [5.41, 5.74) is 5.05. The molecular weight excluding hydrogens is 171 g/mol. The van der Waals surface area contributed by atoms with E-state index >= 15 is 0 Å². The molecule has 0 atom stereocenters. The molecule has 0 aliphatic heterocycles. The van der Waals surface area contributed by atoms with Gasteiger partial charge in [-0.25, -0.2) is 0 Å². The maximum atomic E-state index is 10.3. The molecule has 0 rings (SSSR count). The third-order valence-electron chi connectivity index (χ3n) is 0.670. The fraction of sp³-hybridized carbons (Fsp3) is 0.800. The number of hydrogen-bond acceptors (Lipinski definition) is 3. The summed E-state index contributed by atoms with van der Waals surface area (Å²) in [6, 6.07) is 0. The molecule has 0 radical (unpaired) electrons. The van der Waals surface area contributed by atoms with Gasteiger partial charge in [-0.3, -0.25) is 4.79 Å². The van der Waals surface area contributed by atoms with Gasteiger partial charge in [0.05, 0.1) is 0 Å². The first-order chi connectivity index (χ1) is 3.81. The summed E-state index contributed by atoms with van der Waals surface area (Å²) < 4.78 is 4.58. The number of esters is 1. The van der Waals surface area contributed by atoms with Crippen LogP contribution in [0.4, 0.5) is 0 Å². The monoisotopic (exact) mass is 181 g/mol. The number of carbonyl (C=O) groups is 1. The largest absolute Gasteiger partial charge is 0.464 e. The van der Waals surface area contributed by atoms with Gasteiger partial charge in [0.2, 0.25) is 0 Å². The van der Waals surface area contributed by atoms with E-state index < -0.39 is 0 Å². The van der Waals surface area contributed by atoms with Crippen LogP contribution in [0.25, 0.3) is 0 Å². The Kier molecular flexibility index (Phi) is 10.6. The number of rotatable bonds is 3. The molecule has 0 saturated heterocycles. The van der Waals surface area contributed by atoms with Crippen molar-refractivity contribution in [2.45, 2.75) is 13.3 Å². The molecule has 0 amide bonds. The standard InChI is InChI=1S/C5H11NO2.Zn/c1-2-5(7)8-4-3-6;/h2-4,6H2,1H3;. The Labute approximate surface area is 67.7 Å². The van der Waals surface area contributed by atoms with Gasteiger partial charge in [-0.1, -0.05) is 6.92 Å². The third kappa shape index (κ3) is 8.05. The molecule has 0 heterocycles. The van der Waals surface area contributed by atoms with Gasteiger partial charge in [0.25, 0.3) is 0 Å². The van der Waals surface area contributed by atoms with Crippen molar-refractivity contribution in [2.75, 3.05) is 13.2 Å². The minimum absolute atomic E-state index is 0. The summed E-state index contributed by atoms with van der Waals surface area (Å²) in [6.07, 6.45) is 0.431. The van der Waals surface area contributed by atoms with Crippen LogP contribution in [0.2, 0.25) is 0 Å². The van der Waals surface area contributed by atoms with Gasteiger partial charge in [0.1, 0.15) is 6.61 Å². The maximum absolute atomic E-state index is 10.3. The van der Waals surface area contributed by atoms with Crippen LogP contribution in [0, 0.1) is 0 Å². The first-order valence-electron chi connectivity index (χ1n) is 2.67. The van der Waals surface area contributed by atoms with E-state index in [1.807, 2.05) is 0 Å². The number of carbonyl (C=O) groups excluding carboxylic acids is 1. The van der Waals surface area contributed by atoms with Gasteiger partial charge in [-0.2, -0.15) is 0 Å². The summed E-state index contributed by atoms with van der Waals surface area (Å²) in [5.74, 6) is -0.185. The molecular formula is C5H11NO2Zn. The molecule has 0 saturated carbocycles. The molecule has 4 heteroatoms. The van der Waals surface area contributed by atoms with Gasteiger partial charge >= 0.3 is 5.97 Å². The van der Waals surface area contributed by atoms with Gasteiger partial charge in [0, 0.05) is 32.4 Å². The molecule has 0 fully saturated rings. The fourth-order valence-electron chi connectivity index (χ4n) is 0.275. The predicted molar refractivity (Wildman–Crippen MR) is 30.3 cm³/mol. The Bertz CT molecular complexity index is 77.4. The Hall–Kier alpha value is 0.0534. The van der Waals surface area contributed by atoms with Crippen molar-refractivity contribution in [1.29, 1.82) is 0 Å². The zero-order valence-corrected chi connectivity index (χ0v) is 8.69. The SMILES string of the molecule is CCC(=O)OCCN.[Zn]. The molecule has 3 nitrogen and oxygen atoms in total. The molecule has 0 aromatic heterocycles. The predicted octanol–water partition coefficient (Wildman–Crippen LogP) is -0.104.